The molecular weight excluding hydrogens is 404 g/mol. The highest BCUT2D eigenvalue weighted by atomic mass is 32.2. The van der Waals surface area contributed by atoms with Crippen LogP contribution in [0.5, 0.6) is 5.75 Å². The molecule has 0 fully saturated rings. The van der Waals surface area contributed by atoms with Crippen LogP contribution in [0.4, 0.5) is 0 Å². The molecule has 0 atom stereocenters. The first-order valence-electron chi connectivity index (χ1n) is 10.2. The van der Waals surface area contributed by atoms with Crippen LogP contribution >= 0.6 is 23.5 Å². The van der Waals surface area contributed by atoms with E-state index in [2.05, 4.69) is 97.4 Å². The molecule has 1 nitrogen and oxygen atoms in total. The Bertz CT molecular complexity index is 1130. The molecule has 0 saturated heterocycles. The molecule has 0 saturated carbocycles. The Morgan fingerprint density at radius 2 is 1.30 bits per heavy atom. The number of thioether (sulfide) groups is 2. The Morgan fingerprint density at radius 3 is 1.90 bits per heavy atom. The Hall–Kier alpha value is -2.36. The summed E-state index contributed by atoms with van der Waals surface area (Å²) >= 11 is 3.56. The molecule has 1 aliphatic heterocycles. The fourth-order valence-corrected chi connectivity index (χ4v) is 5.36. The van der Waals surface area contributed by atoms with Crippen molar-refractivity contribution in [1.82, 2.24) is 0 Å². The average Bonchev–Trinajstić information content (AvgIpc) is 2.83. The molecule has 5 rings (SSSR count). The normalized spacial score (nSPS) is 14.9. The van der Waals surface area contributed by atoms with E-state index >= 15 is 0 Å². The number of ether oxygens (including phenoxy) is 1. The molecule has 150 valence electrons. The zero-order valence-corrected chi connectivity index (χ0v) is 18.9. The standard InChI is InChI=1S/C27H24OS2/c1-29-22-12-8-20(9-13-22)27(21-10-14-23(30-2)15-11-21)17-25-24-6-4-3-5-19(24)7-16-26(25)28-18-27/h3-16H,17-18H2,1-2H3. The molecule has 1 aliphatic rings. The van der Waals surface area contributed by atoms with Crippen LogP contribution in [0.3, 0.4) is 0 Å². The molecule has 0 N–H and O–H groups in total. The minimum Gasteiger partial charge on any atom is -0.492 e. The second kappa shape index (κ2) is 8.05. The lowest BCUT2D eigenvalue weighted by Crippen LogP contribution is -2.40. The van der Waals surface area contributed by atoms with Crippen molar-refractivity contribution in [2.45, 2.75) is 21.6 Å². The van der Waals surface area contributed by atoms with Crippen molar-refractivity contribution in [2.75, 3.05) is 19.1 Å². The number of hydrogen-bond donors (Lipinski definition) is 0. The molecule has 0 radical (unpaired) electrons. The molecular formula is C27H24OS2. The van der Waals surface area contributed by atoms with Gasteiger partial charge in [0.05, 0.1) is 5.41 Å². The summed E-state index contributed by atoms with van der Waals surface area (Å²) < 4.78 is 6.46. The van der Waals surface area contributed by atoms with Gasteiger partial charge in [0, 0.05) is 15.4 Å². The summed E-state index contributed by atoms with van der Waals surface area (Å²) in [6.45, 7) is 0.648. The predicted molar refractivity (Wildman–Crippen MR) is 130 cm³/mol. The van der Waals surface area contributed by atoms with Gasteiger partial charge in [-0.1, -0.05) is 54.6 Å². The maximum absolute atomic E-state index is 6.46. The number of fused-ring (bicyclic) bond motifs is 3. The van der Waals surface area contributed by atoms with Crippen molar-refractivity contribution < 1.29 is 4.74 Å². The van der Waals surface area contributed by atoms with Gasteiger partial charge in [0.15, 0.2) is 0 Å². The van der Waals surface area contributed by atoms with Crippen LogP contribution in [0.15, 0.2) is 94.7 Å². The van der Waals surface area contributed by atoms with E-state index in [1.54, 1.807) is 23.5 Å². The minimum atomic E-state index is -0.203. The second-order valence-electron chi connectivity index (χ2n) is 7.77. The highest BCUT2D eigenvalue weighted by molar-refractivity contribution is 7.98. The van der Waals surface area contributed by atoms with E-state index in [-0.39, 0.29) is 5.41 Å². The van der Waals surface area contributed by atoms with Gasteiger partial charge in [-0.15, -0.1) is 23.5 Å². The van der Waals surface area contributed by atoms with Crippen LogP contribution < -0.4 is 4.74 Å². The van der Waals surface area contributed by atoms with Crippen molar-refractivity contribution in [3.05, 3.63) is 102 Å². The van der Waals surface area contributed by atoms with Crippen molar-refractivity contribution in [2.24, 2.45) is 0 Å². The van der Waals surface area contributed by atoms with Crippen LogP contribution in [0.2, 0.25) is 0 Å². The van der Waals surface area contributed by atoms with Crippen LogP contribution in [-0.2, 0) is 11.8 Å². The van der Waals surface area contributed by atoms with Gasteiger partial charge in [0.25, 0.3) is 0 Å². The maximum atomic E-state index is 6.46. The summed E-state index contributed by atoms with van der Waals surface area (Å²) in [5.74, 6) is 1.02. The third kappa shape index (κ3) is 3.30. The Kier molecular flexibility index (Phi) is 5.26. The van der Waals surface area contributed by atoms with Crippen molar-refractivity contribution in [1.29, 1.82) is 0 Å². The first-order chi connectivity index (χ1) is 14.7. The van der Waals surface area contributed by atoms with Gasteiger partial charge < -0.3 is 4.74 Å². The molecule has 0 unspecified atom stereocenters. The SMILES string of the molecule is CSc1ccc(C2(c3ccc(SC)cc3)COc3ccc4ccccc4c3C2)cc1. The fourth-order valence-electron chi connectivity index (χ4n) is 4.54. The molecule has 0 bridgehead atoms. The highest BCUT2D eigenvalue weighted by Gasteiger charge is 2.40. The third-order valence-corrected chi connectivity index (χ3v) is 7.72. The summed E-state index contributed by atoms with van der Waals surface area (Å²) in [5, 5.41) is 2.56. The van der Waals surface area contributed by atoms with Gasteiger partial charge >= 0.3 is 0 Å². The molecule has 0 aliphatic carbocycles. The highest BCUT2D eigenvalue weighted by Crippen LogP contribution is 2.45. The summed E-state index contributed by atoms with van der Waals surface area (Å²) in [4.78, 5) is 2.57. The van der Waals surface area contributed by atoms with Crippen LogP contribution in [0.1, 0.15) is 16.7 Å². The molecule has 0 amide bonds. The molecule has 0 aromatic heterocycles. The Labute approximate surface area is 186 Å². The average molecular weight is 429 g/mol. The molecule has 4 aromatic carbocycles. The number of benzene rings is 4. The van der Waals surface area contributed by atoms with Gasteiger partial charge in [0.2, 0.25) is 0 Å². The van der Waals surface area contributed by atoms with Crippen molar-refractivity contribution in [3.8, 4) is 5.75 Å². The number of hydrogen-bond acceptors (Lipinski definition) is 3. The fraction of sp³-hybridized carbons (Fsp3) is 0.185. The van der Waals surface area contributed by atoms with Gasteiger partial charge in [0.1, 0.15) is 12.4 Å². The molecule has 0 spiro atoms. The minimum absolute atomic E-state index is 0.203. The zero-order valence-electron chi connectivity index (χ0n) is 17.2. The van der Waals surface area contributed by atoms with Crippen LogP contribution in [0, 0.1) is 0 Å². The lowest BCUT2D eigenvalue weighted by atomic mass is 9.69. The zero-order chi connectivity index (χ0) is 20.6. The summed E-state index contributed by atoms with van der Waals surface area (Å²) in [6.07, 6.45) is 5.18. The molecule has 30 heavy (non-hydrogen) atoms. The predicted octanol–water partition coefficient (Wildman–Crippen LogP) is 7.20. The van der Waals surface area contributed by atoms with Gasteiger partial charge in [-0.3, -0.25) is 0 Å². The van der Waals surface area contributed by atoms with Crippen LogP contribution in [-0.4, -0.2) is 19.1 Å². The van der Waals surface area contributed by atoms with Gasteiger partial charge in [-0.05, 0) is 71.2 Å². The van der Waals surface area contributed by atoms with Crippen LogP contribution in [0.25, 0.3) is 10.8 Å². The molecule has 3 heteroatoms. The first-order valence-corrected chi connectivity index (χ1v) is 12.6. The number of rotatable bonds is 4. The molecule has 1 heterocycles. The Balaban J connectivity index is 1.70. The largest absolute Gasteiger partial charge is 0.492 e. The third-order valence-electron chi connectivity index (χ3n) is 6.24. The maximum Gasteiger partial charge on any atom is 0.123 e. The molecule has 4 aromatic rings. The topological polar surface area (TPSA) is 9.23 Å². The Morgan fingerprint density at radius 1 is 0.700 bits per heavy atom. The van der Waals surface area contributed by atoms with E-state index < -0.39 is 0 Å². The van der Waals surface area contributed by atoms with E-state index in [1.807, 2.05) is 0 Å². The smallest absolute Gasteiger partial charge is 0.123 e. The van der Waals surface area contributed by atoms with Crippen molar-refractivity contribution in [3.63, 3.8) is 0 Å². The summed E-state index contributed by atoms with van der Waals surface area (Å²) in [7, 11) is 0. The lowest BCUT2D eigenvalue weighted by molar-refractivity contribution is 0.216. The monoisotopic (exact) mass is 428 g/mol. The quantitative estimate of drug-likeness (QED) is 0.318. The van der Waals surface area contributed by atoms with Gasteiger partial charge in [-0.2, -0.15) is 0 Å². The first kappa shape index (κ1) is 19.6. The van der Waals surface area contributed by atoms with E-state index in [4.69, 9.17) is 4.74 Å². The van der Waals surface area contributed by atoms with Crippen molar-refractivity contribution >= 4 is 34.3 Å². The van der Waals surface area contributed by atoms with E-state index in [0.29, 0.717) is 6.61 Å². The summed E-state index contributed by atoms with van der Waals surface area (Å²) in [6, 6.07) is 31.0. The lowest BCUT2D eigenvalue weighted by Gasteiger charge is -2.39. The van der Waals surface area contributed by atoms with E-state index in [9.17, 15) is 0 Å². The van der Waals surface area contributed by atoms with Gasteiger partial charge in [-0.25, -0.2) is 0 Å². The summed E-state index contributed by atoms with van der Waals surface area (Å²) in [5.41, 5.74) is 3.74. The van der Waals surface area contributed by atoms with E-state index in [0.717, 1.165) is 12.2 Å². The van der Waals surface area contributed by atoms with E-state index in [1.165, 1.54) is 37.3 Å². The second-order valence-corrected chi connectivity index (χ2v) is 9.53.